The van der Waals surface area contributed by atoms with E-state index in [0.29, 0.717) is 41.8 Å². The Labute approximate surface area is 200 Å². The normalized spacial score (nSPS) is 23.1. The van der Waals surface area contributed by atoms with Crippen molar-refractivity contribution < 1.29 is 9.59 Å². The molecule has 2 aromatic rings. The minimum Gasteiger partial charge on any atom is -0.365 e. The first-order valence-electron chi connectivity index (χ1n) is 12.3. The van der Waals surface area contributed by atoms with Gasteiger partial charge in [-0.1, -0.05) is 12.1 Å². The molecule has 4 heterocycles. The van der Waals surface area contributed by atoms with Crippen LogP contribution in [0.15, 0.2) is 30.5 Å². The molecule has 0 radical (unpaired) electrons. The molecule has 9 nitrogen and oxygen atoms in total. The maximum Gasteiger partial charge on any atom is 0.253 e. The van der Waals surface area contributed by atoms with Gasteiger partial charge in [-0.25, -0.2) is 9.97 Å². The average molecular weight is 464 g/mol. The largest absolute Gasteiger partial charge is 0.365 e. The van der Waals surface area contributed by atoms with Gasteiger partial charge in [-0.3, -0.25) is 14.5 Å². The second-order valence-electron chi connectivity index (χ2n) is 9.70. The van der Waals surface area contributed by atoms with Crippen LogP contribution in [-0.2, 0) is 6.42 Å². The maximum atomic E-state index is 13.2. The predicted octanol–water partition coefficient (Wildman–Crippen LogP) is 1.01. The van der Waals surface area contributed by atoms with Crippen LogP contribution >= 0.6 is 0 Å². The topological polar surface area (TPSA) is 122 Å². The van der Waals surface area contributed by atoms with Crippen LogP contribution in [0.4, 0.5) is 5.95 Å². The molecule has 2 amide bonds. The SMILES string of the molecule is NC(=O)c1cnc(N2CCC[C@H](N)C2)nc1Cc1cccc(C(=O)N2CCN3CCC[C@@H]3C2)c1. The Morgan fingerprint density at radius 1 is 1.06 bits per heavy atom. The smallest absolute Gasteiger partial charge is 0.253 e. The summed E-state index contributed by atoms with van der Waals surface area (Å²) in [5.41, 5.74) is 14.2. The molecule has 3 aliphatic heterocycles. The van der Waals surface area contributed by atoms with E-state index >= 15 is 0 Å². The third-order valence-corrected chi connectivity index (χ3v) is 7.28. The number of carbonyl (C=O) groups excluding carboxylic acids is 2. The predicted molar refractivity (Wildman–Crippen MR) is 130 cm³/mol. The summed E-state index contributed by atoms with van der Waals surface area (Å²) in [4.78, 5) is 40.9. The van der Waals surface area contributed by atoms with Gasteiger partial charge >= 0.3 is 0 Å². The van der Waals surface area contributed by atoms with E-state index < -0.39 is 5.91 Å². The molecule has 0 aliphatic carbocycles. The Bertz CT molecular complexity index is 1070. The molecule has 0 spiro atoms. The van der Waals surface area contributed by atoms with Crippen LogP contribution in [0.1, 0.15) is 57.7 Å². The van der Waals surface area contributed by atoms with Crippen molar-refractivity contribution in [2.24, 2.45) is 11.5 Å². The highest BCUT2D eigenvalue weighted by Crippen LogP contribution is 2.24. The molecule has 3 saturated heterocycles. The Balaban J connectivity index is 1.35. The number of carbonyl (C=O) groups is 2. The van der Waals surface area contributed by atoms with E-state index in [1.54, 1.807) is 0 Å². The number of nitrogens with zero attached hydrogens (tertiary/aromatic N) is 5. The lowest BCUT2D eigenvalue weighted by atomic mass is 10.0. The van der Waals surface area contributed by atoms with Crippen molar-refractivity contribution in [3.05, 3.63) is 52.8 Å². The molecule has 9 heteroatoms. The van der Waals surface area contributed by atoms with E-state index in [9.17, 15) is 9.59 Å². The Hall–Kier alpha value is -3.04. The number of fused-ring (bicyclic) bond motifs is 1. The molecular weight excluding hydrogens is 430 g/mol. The van der Waals surface area contributed by atoms with Crippen molar-refractivity contribution in [3.63, 3.8) is 0 Å². The number of piperidine rings is 1. The molecule has 0 bridgehead atoms. The third kappa shape index (κ3) is 4.76. The molecule has 3 fully saturated rings. The number of anilines is 1. The van der Waals surface area contributed by atoms with Gasteiger partial charge in [-0.05, 0) is 49.9 Å². The lowest BCUT2D eigenvalue weighted by molar-refractivity contribution is 0.0571. The van der Waals surface area contributed by atoms with Gasteiger partial charge in [-0.15, -0.1) is 0 Å². The van der Waals surface area contributed by atoms with Gasteiger partial charge in [0.2, 0.25) is 5.95 Å². The lowest BCUT2D eigenvalue weighted by Gasteiger charge is -2.37. The van der Waals surface area contributed by atoms with Gasteiger partial charge in [0.15, 0.2) is 0 Å². The number of nitrogens with two attached hydrogens (primary N) is 2. The fraction of sp³-hybridized carbons (Fsp3) is 0.520. The van der Waals surface area contributed by atoms with Crippen LogP contribution in [0.5, 0.6) is 0 Å². The van der Waals surface area contributed by atoms with Crippen molar-refractivity contribution in [2.75, 3.05) is 44.2 Å². The number of rotatable bonds is 5. The molecule has 34 heavy (non-hydrogen) atoms. The summed E-state index contributed by atoms with van der Waals surface area (Å²) in [6, 6.07) is 8.19. The second-order valence-corrected chi connectivity index (χ2v) is 9.70. The Kier molecular flexibility index (Phi) is 6.47. The van der Waals surface area contributed by atoms with E-state index in [1.807, 2.05) is 29.2 Å². The van der Waals surface area contributed by atoms with Gasteiger partial charge < -0.3 is 21.3 Å². The number of hydrogen-bond donors (Lipinski definition) is 2. The lowest BCUT2D eigenvalue weighted by Crippen LogP contribution is -2.52. The summed E-state index contributed by atoms with van der Waals surface area (Å²) in [5, 5.41) is 0. The highest BCUT2D eigenvalue weighted by atomic mass is 16.2. The zero-order valence-corrected chi connectivity index (χ0v) is 19.5. The Morgan fingerprint density at radius 3 is 2.74 bits per heavy atom. The highest BCUT2D eigenvalue weighted by Gasteiger charge is 2.32. The second kappa shape index (κ2) is 9.68. The van der Waals surface area contributed by atoms with E-state index in [-0.39, 0.29) is 11.9 Å². The van der Waals surface area contributed by atoms with Crippen molar-refractivity contribution >= 4 is 17.8 Å². The first kappa shape index (κ1) is 22.7. The molecule has 5 rings (SSSR count). The monoisotopic (exact) mass is 463 g/mol. The first-order chi connectivity index (χ1) is 16.5. The zero-order valence-electron chi connectivity index (χ0n) is 19.5. The molecule has 3 aliphatic rings. The number of primary amides is 1. The number of aromatic nitrogens is 2. The standard InChI is InChI=1S/C25H33N7O2/c26-19-6-2-9-32(15-19)25-28-14-21(23(27)33)22(29-25)13-17-4-1-5-18(12-17)24(34)31-11-10-30-8-3-7-20(30)16-31/h1,4-5,12,14,19-20H,2-3,6-11,13,15-16,26H2,(H2,27,33)/t19-,20+/m0/s1. The van der Waals surface area contributed by atoms with Crippen LogP contribution in [0.3, 0.4) is 0 Å². The fourth-order valence-corrected chi connectivity index (χ4v) is 5.46. The third-order valence-electron chi connectivity index (χ3n) is 7.28. The Morgan fingerprint density at radius 2 is 1.91 bits per heavy atom. The molecule has 4 N–H and O–H groups in total. The highest BCUT2D eigenvalue weighted by molar-refractivity contribution is 5.95. The van der Waals surface area contributed by atoms with Gasteiger partial charge in [0.1, 0.15) is 0 Å². The van der Waals surface area contributed by atoms with Crippen LogP contribution in [0.2, 0.25) is 0 Å². The number of piperazine rings is 1. The fourth-order valence-electron chi connectivity index (χ4n) is 5.46. The molecule has 1 aromatic carbocycles. The minimum absolute atomic E-state index is 0.0641. The van der Waals surface area contributed by atoms with Crippen LogP contribution in [0, 0.1) is 0 Å². The minimum atomic E-state index is -0.557. The van der Waals surface area contributed by atoms with Crippen molar-refractivity contribution in [3.8, 4) is 0 Å². The van der Waals surface area contributed by atoms with E-state index in [1.165, 1.54) is 12.6 Å². The van der Waals surface area contributed by atoms with Gasteiger partial charge in [0.05, 0.1) is 11.3 Å². The summed E-state index contributed by atoms with van der Waals surface area (Å²) in [6.07, 6.45) is 6.25. The van der Waals surface area contributed by atoms with Crippen LogP contribution < -0.4 is 16.4 Å². The van der Waals surface area contributed by atoms with Crippen molar-refractivity contribution in [2.45, 2.75) is 44.2 Å². The molecule has 0 unspecified atom stereocenters. The van der Waals surface area contributed by atoms with E-state index in [0.717, 1.165) is 57.5 Å². The quantitative estimate of drug-likeness (QED) is 0.679. The summed E-state index contributed by atoms with van der Waals surface area (Å²) in [7, 11) is 0. The summed E-state index contributed by atoms with van der Waals surface area (Å²) >= 11 is 0. The van der Waals surface area contributed by atoms with E-state index in [4.69, 9.17) is 16.5 Å². The number of hydrogen-bond acceptors (Lipinski definition) is 7. The average Bonchev–Trinajstić information content (AvgIpc) is 3.31. The van der Waals surface area contributed by atoms with Crippen LogP contribution in [0.25, 0.3) is 0 Å². The zero-order chi connectivity index (χ0) is 23.7. The molecule has 0 saturated carbocycles. The van der Waals surface area contributed by atoms with E-state index in [2.05, 4.69) is 14.8 Å². The molecular formula is C25H33N7O2. The maximum absolute atomic E-state index is 13.2. The van der Waals surface area contributed by atoms with Crippen molar-refractivity contribution in [1.82, 2.24) is 19.8 Å². The first-order valence-corrected chi connectivity index (χ1v) is 12.3. The molecule has 2 atom stereocenters. The summed E-state index contributed by atoms with van der Waals surface area (Å²) in [6.45, 7) is 5.17. The molecule has 180 valence electrons. The number of amides is 2. The van der Waals surface area contributed by atoms with Gasteiger partial charge in [-0.2, -0.15) is 0 Å². The molecule has 1 aromatic heterocycles. The summed E-state index contributed by atoms with van der Waals surface area (Å²) < 4.78 is 0. The van der Waals surface area contributed by atoms with Crippen LogP contribution in [-0.4, -0.2) is 82.9 Å². The van der Waals surface area contributed by atoms with Gasteiger partial charge in [0, 0.05) is 63.0 Å². The van der Waals surface area contributed by atoms with Gasteiger partial charge in [0.25, 0.3) is 11.8 Å². The van der Waals surface area contributed by atoms with Crippen molar-refractivity contribution in [1.29, 1.82) is 0 Å². The number of benzene rings is 1. The summed E-state index contributed by atoms with van der Waals surface area (Å²) in [5.74, 6) is 0.0737.